The summed E-state index contributed by atoms with van der Waals surface area (Å²) in [6, 6.07) is -1.60. The summed E-state index contributed by atoms with van der Waals surface area (Å²) in [6.07, 6.45) is -3.18. The zero-order chi connectivity index (χ0) is 22.4. The van der Waals surface area contributed by atoms with Crippen LogP contribution in [0.15, 0.2) is 0 Å². The molecule has 0 radical (unpaired) electrons. The number of hydrogen-bond acceptors (Lipinski definition) is 13. The molecule has 0 spiro atoms. The van der Waals surface area contributed by atoms with Gasteiger partial charge in [-0.25, -0.2) is 4.79 Å². The number of amides is 2. The lowest BCUT2D eigenvalue weighted by Crippen LogP contribution is -2.57. The van der Waals surface area contributed by atoms with Crippen LogP contribution in [0, 0.1) is 60.7 Å². The molecule has 2 N–H and O–H groups in total. The van der Waals surface area contributed by atoms with Gasteiger partial charge in [-0.15, -0.1) is 0 Å². The van der Waals surface area contributed by atoms with E-state index in [2.05, 4.69) is 0 Å². The van der Waals surface area contributed by atoms with Gasteiger partial charge in [0.15, 0.2) is 42.4 Å². The fraction of sp³-hybridized carbons (Fsp3) is 0.857. The van der Waals surface area contributed by atoms with Gasteiger partial charge in [-0.3, -0.25) is 60.7 Å². The zero-order valence-corrected chi connectivity index (χ0v) is 13.3. The van der Waals surface area contributed by atoms with Crippen molar-refractivity contribution in [2.75, 3.05) is 13.1 Å². The van der Waals surface area contributed by atoms with Gasteiger partial charge in [-0.2, -0.15) is 0 Å². The lowest BCUT2D eigenvalue weighted by molar-refractivity contribution is -0.970. The van der Waals surface area contributed by atoms with Crippen LogP contribution >= 0.6 is 0 Å². The molecule has 0 saturated carbocycles. The van der Waals surface area contributed by atoms with Crippen molar-refractivity contribution in [1.29, 1.82) is 0 Å². The van der Waals surface area contributed by atoms with Gasteiger partial charge in [0.25, 0.3) is 0 Å². The molecule has 0 unspecified atom stereocenters. The normalized spacial score (nSPS) is 11.3. The molecule has 0 atom stereocenters. The molecule has 0 aliphatic carbocycles. The summed E-state index contributed by atoms with van der Waals surface area (Å²) in [5.41, 5.74) is 4.82. The predicted molar refractivity (Wildman–Crippen MR) is 77.8 cm³/mol. The second-order valence-electron chi connectivity index (χ2n) is 4.92. The standard InChI is InChI=1S/C7H10N8O13/c8-5(16)9(3-1-6(10(17)18,11(19)20)12(21)22)4-2-7(13(23)24,14(25)26)15(27)28/h1-4H2,(H2,8,16). The van der Waals surface area contributed by atoms with Crippen LogP contribution in [-0.4, -0.2) is 65.1 Å². The second-order valence-corrected chi connectivity index (χ2v) is 4.92. The summed E-state index contributed by atoms with van der Waals surface area (Å²) in [5, 5.41) is 64.7. The first-order chi connectivity index (χ1) is 12.7. The second kappa shape index (κ2) is 8.37. The Morgan fingerprint density at radius 3 is 1.00 bits per heavy atom. The van der Waals surface area contributed by atoms with Crippen LogP contribution in [0.1, 0.15) is 12.8 Å². The maximum atomic E-state index is 11.3. The minimum absolute atomic E-state index is 0.0938. The molecule has 0 aromatic carbocycles. The lowest BCUT2D eigenvalue weighted by atomic mass is 10.2. The Morgan fingerprint density at radius 2 is 0.857 bits per heavy atom. The smallest absolute Gasteiger partial charge is 0.351 e. The molecule has 2 amide bonds. The maximum Gasteiger partial charge on any atom is 0.701 e. The van der Waals surface area contributed by atoms with Crippen LogP contribution < -0.4 is 5.73 Å². The van der Waals surface area contributed by atoms with Crippen LogP contribution in [0.2, 0.25) is 0 Å². The summed E-state index contributed by atoms with van der Waals surface area (Å²) in [7, 11) is 0. The summed E-state index contributed by atoms with van der Waals surface area (Å²) >= 11 is 0. The molecule has 0 saturated heterocycles. The molecule has 0 aliphatic rings. The number of nitrogens with two attached hydrogens (primary N) is 1. The summed E-state index contributed by atoms with van der Waals surface area (Å²) in [5.74, 6) is -8.03. The Morgan fingerprint density at radius 1 is 0.643 bits per heavy atom. The number of carbonyl (C=O) groups is 1. The van der Waals surface area contributed by atoms with Crippen molar-refractivity contribution < 1.29 is 34.3 Å². The van der Waals surface area contributed by atoms with Gasteiger partial charge in [0.05, 0.1) is 0 Å². The third-order valence-corrected chi connectivity index (χ3v) is 3.50. The van der Waals surface area contributed by atoms with E-state index < -0.39 is 73.1 Å². The molecule has 0 aliphatic heterocycles. The third-order valence-electron chi connectivity index (χ3n) is 3.50. The Kier molecular flexibility index (Phi) is 7.07. The molecule has 0 bridgehead atoms. The molecule has 0 aromatic heterocycles. The van der Waals surface area contributed by atoms with Crippen LogP contribution in [0.4, 0.5) is 4.79 Å². The highest BCUT2D eigenvalue weighted by molar-refractivity contribution is 5.71. The molecule has 156 valence electrons. The minimum atomic E-state index is -4.01. The number of urea groups is 1. The lowest BCUT2D eigenvalue weighted by Gasteiger charge is -2.20. The molecule has 21 heteroatoms. The van der Waals surface area contributed by atoms with Gasteiger partial charge in [-0.1, -0.05) is 0 Å². The Labute approximate surface area is 150 Å². The number of rotatable bonds is 12. The van der Waals surface area contributed by atoms with E-state index in [9.17, 15) is 65.5 Å². The summed E-state index contributed by atoms with van der Waals surface area (Å²) < 4.78 is 0. The molecule has 0 rings (SSSR count). The van der Waals surface area contributed by atoms with E-state index in [1.54, 1.807) is 0 Å². The van der Waals surface area contributed by atoms with Crippen LogP contribution in [-0.2, 0) is 0 Å². The van der Waals surface area contributed by atoms with Crippen molar-refractivity contribution in [1.82, 2.24) is 4.90 Å². The number of nitrogens with zero attached hydrogens (tertiary/aromatic N) is 7. The SMILES string of the molecule is NC(=O)N(CCC([N+](=O)[O-])([N+](=O)[O-])[N+](=O)[O-])CCC([N+](=O)[O-])([N+](=O)[O-])[N+](=O)[O-]. The first-order valence-electron chi connectivity index (χ1n) is 6.59. The Bertz CT molecular complexity index is 608. The largest absolute Gasteiger partial charge is 0.701 e. The fourth-order valence-corrected chi connectivity index (χ4v) is 1.85. The van der Waals surface area contributed by atoms with E-state index in [1.807, 2.05) is 0 Å². The van der Waals surface area contributed by atoms with Crippen LogP contribution in [0.3, 0.4) is 0 Å². The van der Waals surface area contributed by atoms with Gasteiger partial charge < -0.3 is 10.6 Å². The van der Waals surface area contributed by atoms with Gasteiger partial charge in [-0.05, 0) is 0 Å². The summed E-state index contributed by atoms with van der Waals surface area (Å²) in [4.78, 5) is 64.9. The van der Waals surface area contributed by atoms with E-state index in [0.717, 1.165) is 0 Å². The highest BCUT2D eigenvalue weighted by atomic mass is 16.7. The van der Waals surface area contributed by atoms with Gasteiger partial charge in [0, 0.05) is 13.1 Å². The van der Waals surface area contributed by atoms with E-state index in [0.29, 0.717) is 0 Å². The first-order valence-corrected chi connectivity index (χ1v) is 6.59. The average Bonchev–Trinajstić information content (AvgIpc) is 2.51. The highest BCUT2D eigenvalue weighted by Gasteiger charge is 2.71. The van der Waals surface area contributed by atoms with Gasteiger partial charge in [0.1, 0.15) is 0 Å². The number of hydrogen-bond donors (Lipinski definition) is 1. The molecule has 0 aromatic rings. The number of carbonyl (C=O) groups excluding carboxylic acids is 1. The zero-order valence-electron chi connectivity index (χ0n) is 13.3. The van der Waals surface area contributed by atoms with Crippen LogP contribution in [0.5, 0.6) is 0 Å². The predicted octanol–water partition coefficient (Wildman–Crippen LogP) is -1.88. The number of primary amides is 1. The minimum Gasteiger partial charge on any atom is -0.351 e. The Hall–Kier alpha value is -4.33. The van der Waals surface area contributed by atoms with Crippen molar-refractivity contribution in [3.8, 4) is 0 Å². The Balaban J connectivity index is 5.71. The van der Waals surface area contributed by atoms with E-state index in [1.165, 1.54) is 0 Å². The van der Waals surface area contributed by atoms with E-state index >= 15 is 0 Å². The average molecular weight is 414 g/mol. The molecule has 28 heavy (non-hydrogen) atoms. The van der Waals surface area contributed by atoms with Crippen molar-refractivity contribution in [2.24, 2.45) is 5.73 Å². The van der Waals surface area contributed by atoms with Gasteiger partial charge in [0.2, 0.25) is 0 Å². The molecule has 0 fully saturated rings. The van der Waals surface area contributed by atoms with Crippen molar-refractivity contribution in [3.05, 3.63) is 60.7 Å². The monoisotopic (exact) mass is 414 g/mol. The summed E-state index contributed by atoms with van der Waals surface area (Å²) in [6.45, 7) is -2.47. The van der Waals surface area contributed by atoms with Crippen LogP contribution in [0.25, 0.3) is 0 Å². The van der Waals surface area contributed by atoms with E-state index in [4.69, 9.17) is 5.73 Å². The van der Waals surface area contributed by atoms with Crippen molar-refractivity contribution in [2.45, 2.75) is 24.4 Å². The van der Waals surface area contributed by atoms with E-state index in [-0.39, 0.29) is 4.90 Å². The molecular formula is C7H10N8O13. The topological polar surface area (TPSA) is 305 Å². The molecule has 0 heterocycles. The van der Waals surface area contributed by atoms with Gasteiger partial charge >= 0.3 is 17.6 Å². The quantitative estimate of drug-likeness (QED) is 0.208. The van der Waals surface area contributed by atoms with Crippen molar-refractivity contribution >= 4 is 6.03 Å². The third kappa shape index (κ3) is 4.07. The first kappa shape index (κ1) is 23.7. The van der Waals surface area contributed by atoms with Crippen molar-refractivity contribution in [3.63, 3.8) is 0 Å². The molecular weight excluding hydrogens is 404 g/mol. The fourth-order valence-electron chi connectivity index (χ4n) is 1.85. The maximum absolute atomic E-state index is 11.3. The highest BCUT2D eigenvalue weighted by Crippen LogP contribution is 2.21. The number of nitro groups is 6. The molecule has 21 nitrogen and oxygen atoms in total.